The number of benzene rings is 3. The van der Waals surface area contributed by atoms with E-state index < -0.39 is 19.5 Å². The zero-order chi connectivity index (χ0) is 23.6. The zero-order valence-corrected chi connectivity index (χ0v) is 20.1. The van der Waals surface area contributed by atoms with Crippen molar-refractivity contribution in [3.63, 3.8) is 0 Å². The highest BCUT2D eigenvalue weighted by atomic mass is 31.2. The molecule has 3 rings (SSSR count). The van der Waals surface area contributed by atoms with Gasteiger partial charge in [0.1, 0.15) is 0 Å². The van der Waals surface area contributed by atoms with Crippen LogP contribution in [-0.4, -0.2) is 11.9 Å². The summed E-state index contributed by atoms with van der Waals surface area (Å²) in [5.74, 6) is -1.59. The smallest absolute Gasteiger partial charge is 0.376 e. The van der Waals surface area contributed by atoms with Crippen molar-refractivity contribution in [1.82, 2.24) is 0 Å². The van der Waals surface area contributed by atoms with E-state index in [0.717, 1.165) is 11.1 Å². The fraction of sp³-hybridized carbons (Fsp3) is 0.231. The summed E-state index contributed by atoms with van der Waals surface area (Å²) in [6.45, 7) is 11.0. The molecule has 0 unspecified atom stereocenters. The quantitative estimate of drug-likeness (QED) is 0.441. The van der Waals surface area contributed by atoms with Gasteiger partial charge in [-0.3, -0.25) is 0 Å². The molecule has 5 nitrogen and oxygen atoms in total. The highest BCUT2D eigenvalue weighted by Crippen LogP contribution is 2.49. The van der Waals surface area contributed by atoms with E-state index >= 15 is 0 Å². The van der Waals surface area contributed by atoms with Crippen molar-refractivity contribution in [3.05, 3.63) is 99.1 Å². The third-order valence-corrected chi connectivity index (χ3v) is 6.98. The summed E-state index contributed by atoms with van der Waals surface area (Å²) in [6.07, 6.45) is 0. The van der Waals surface area contributed by atoms with E-state index in [-0.39, 0.29) is 5.30 Å². The standard InChI is InChI=1S/C26H27O5P/c1-16-12-18(3)23(19(4)13-16)25(27)30-32(29,22-10-8-7-9-11-22)31-26(28)24-20(5)14-17(2)15-21(24)6/h7-15H,1-6H3. The molecule has 0 aliphatic carbocycles. The third-order valence-electron chi connectivity index (χ3n) is 5.24. The van der Waals surface area contributed by atoms with E-state index in [0.29, 0.717) is 33.4 Å². The van der Waals surface area contributed by atoms with Crippen molar-refractivity contribution >= 4 is 24.8 Å². The molecule has 32 heavy (non-hydrogen) atoms. The van der Waals surface area contributed by atoms with E-state index in [1.807, 2.05) is 38.1 Å². The van der Waals surface area contributed by atoms with Gasteiger partial charge in [-0.25, -0.2) is 14.2 Å². The van der Waals surface area contributed by atoms with Crippen LogP contribution >= 0.6 is 7.60 Å². The first-order chi connectivity index (χ1) is 15.0. The van der Waals surface area contributed by atoms with E-state index in [2.05, 4.69) is 0 Å². The minimum Gasteiger partial charge on any atom is -0.376 e. The predicted octanol–water partition coefficient (Wildman–Crippen LogP) is 6.07. The van der Waals surface area contributed by atoms with Gasteiger partial charge in [0.05, 0.1) is 16.4 Å². The van der Waals surface area contributed by atoms with Crippen LogP contribution in [0, 0.1) is 41.5 Å². The van der Waals surface area contributed by atoms with E-state index in [4.69, 9.17) is 9.05 Å². The van der Waals surface area contributed by atoms with Gasteiger partial charge < -0.3 is 9.05 Å². The summed E-state index contributed by atoms with van der Waals surface area (Å²) in [5, 5.41) is 0.131. The molecule has 0 N–H and O–H groups in total. The first-order valence-corrected chi connectivity index (χ1v) is 11.9. The molecule has 166 valence electrons. The molecule has 0 aliphatic heterocycles. The Kier molecular flexibility index (Phi) is 6.71. The van der Waals surface area contributed by atoms with Gasteiger partial charge in [0.25, 0.3) is 0 Å². The molecule has 0 saturated heterocycles. The van der Waals surface area contributed by atoms with E-state index in [1.165, 1.54) is 12.1 Å². The SMILES string of the molecule is Cc1cc(C)c(C(=O)OP(=O)(OC(=O)c2c(C)cc(C)cc2C)c2ccccc2)c(C)c1. The maximum absolute atomic E-state index is 13.9. The molecule has 0 aliphatic rings. The largest absolute Gasteiger partial charge is 0.467 e. The number of rotatable bonds is 5. The molecule has 0 bridgehead atoms. The van der Waals surface area contributed by atoms with Crippen LogP contribution in [0.15, 0.2) is 54.6 Å². The molecule has 3 aromatic carbocycles. The van der Waals surface area contributed by atoms with Gasteiger partial charge in [-0.05, 0) is 75.9 Å². The number of hydrogen-bond donors (Lipinski definition) is 0. The normalized spacial score (nSPS) is 11.2. The van der Waals surface area contributed by atoms with Crippen LogP contribution in [0.2, 0.25) is 0 Å². The highest BCUT2D eigenvalue weighted by Gasteiger charge is 2.37. The molecule has 0 fully saturated rings. The average molecular weight is 450 g/mol. The molecule has 0 spiro atoms. The second kappa shape index (κ2) is 9.13. The fourth-order valence-electron chi connectivity index (χ4n) is 4.05. The van der Waals surface area contributed by atoms with E-state index in [9.17, 15) is 14.2 Å². The van der Waals surface area contributed by atoms with Crippen molar-refractivity contribution in [2.45, 2.75) is 41.5 Å². The van der Waals surface area contributed by atoms with Gasteiger partial charge >= 0.3 is 19.5 Å². The van der Waals surface area contributed by atoms with Crippen molar-refractivity contribution in [3.8, 4) is 0 Å². The molecule has 0 atom stereocenters. The zero-order valence-electron chi connectivity index (χ0n) is 19.2. The van der Waals surface area contributed by atoms with Crippen LogP contribution < -0.4 is 5.30 Å². The van der Waals surface area contributed by atoms with Crippen LogP contribution in [0.1, 0.15) is 54.1 Å². The lowest BCUT2D eigenvalue weighted by molar-refractivity contribution is 0.0638. The Hall–Kier alpha value is -3.17. The van der Waals surface area contributed by atoms with Crippen LogP contribution in [0.3, 0.4) is 0 Å². The van der Waals surface area contributed by atoms with Crippen LogP contribution in [-0.2, 0) is 13.6 Å². The summed E-state index contributed by atoms with van der Waals surface area (Å²) in [4.78, 5) is 26.2. The minimum absolute atomic E-state index is 0.131. The molecule has 3 aromatic rings. The lowest BCUT2D eigenvalue weighted by Crippen LogP contribution is -2.19. The van der Waals surface area contributed by atoms with Gasteiger partial charge in [-0.1, -0.05) is 53.6 Å². The van der Waals surface area contributed by atoms with Crippen LogP contribution in [0.5, 0.6) is 0 Å². The maximum atomic E-state index is 13.9. The Labute approximate surface area is 188 Å². The van der Waals surface area contributed by atoms with Gasteiger partial charge in [-0.15, -0.1) is 0 Å². The summed E-state index contributed by atoms with van der Waals surface area (Å²) in [6, 6.07) is 15.5. The number of carbonyl (C=O) groups is 2. The van der Waals surface area contributed by atoms with Crippen molar-refractivity contribution < 1.29 is 23.2 Å². The molecule has 0 saturated carbocycles. The number of hydrogen-bond acceptors (Lipinski definition) is 5. The molecule has 0 heterocycles. The van der Waals surface area contributed by atoms with Crippen molar-refractivity contribution in [1.29, 1.82) is 0 Å². The van der Waals surface area contributed by atoms with Gasteiger partial charge in [-0.2, -0.15) is 0 Å². The predicted molar refractivity (Wildman–Crippen MR) is 126 cm³/mol. The highest BCUT2D eigenvalue weighted by molar-refractivity contribution is 7.63. The van der Waals surface area contributed by atoms with Crippen molar-refractivity contribution in [2.75, 3.05) is 0 Å². The molecule has 0 aromatic heterocycles. The molecule has 0 radical (unpaired) electrons. The second-order valence-electron chi connectivity index (χ2n) is 8.14. The lowest BCUT2D eigenvalue weighted by Gasteiger charge is -2.20. The Morgan fingerprint density at radius 3 is 1.31 bits per heavy atom. The summed E-state index contributed by atoms with van der Waals surface area (Å²) >= 11 is 0. The van der Waals surface area contributed by atoms with Gasteiger partial charge in [0.2, 0.25) is 0 Å². The number of carbonyl (C=O) groups excluding carboxylic acids is 2. The monoisotopic (exact) mass is 450 g/mol. The topological polar surface area (TPSA) is 69.7 Å². The summed E-state index contributed by atoms with van der Waals surface area (Å²) in [5.41, 5.74) is 5.41. The first-order valence-electron chi connectivity index (χ1n) is 10.3. The van der Waals surface area contributed by atoms with Gasteiger partial charge in [0.15, 0.2) is 0 Å². The average Bonchev–Trinajstić information content (AvgIpc) is 2.66. The van der Waals surface area contributed by atoms with Crippen molar-refractivity contribution in [2.24, 2.45) is 0 Å². The lowest BCUT2D eigenvalue weighted by atomic mass is 10.0. The Morgan fingerprint density at radius 1 is 0.625 bits per heavy atom. The molecule has 6 heteroatoms. The first kappa shape index (κ1) is 23.5. The second-order valence-corrected chi connectivity index (χ2v) is 10.0. The Morgan fingerprint density at radius 2 is 0.969 bits per heavy atom. The summed E-state index contributed by atoms with van der Waals surface area (Å²) < 4.78 is 24.8. The van der Waals surface area contributed by atoms with E-state index in [1.54, 1.807) is 45.9 Å². The fourth-order valence-corrected chi connectivity index (χ4v) is 5.45. The van der Waals surface area contributed by atoms with Crippen LogP contribution in [0.25, 0.3) is 0 Å². The Balaban J connectivity index is 2.03. The Bertz CT molecular complexity index is 1120. The van der Waals surface area contributed by atoms with Gasteiger partial charge in [0, 0.05) is 0 Å². The van der Waals surface area contributed by atoms with Crippen LogP contribution in [0.4, 0.5) is 0 Å². The molecular formula is C26H27O5P. The third kappa shape index (κ3) is 4.84. The number of aryl methyl sites for hydroxylation is 6. The summed E-state index contributed by atoms with van der Waals surface area (Å²) in [7, 11) is -4.32. The molecular weight excluding hydrogens is 423 g/mol. The molecule has 0 amide bonds. The maximum Gasteiger partial charge on any atom is 0.467 e. The minimum atomic E-state index is -4.32.